The SMILES string of the molecule is Cc1cc2c(-c3ccccc3)c(C)c(C)c(C)c2[cH-]1.[Zr]. The van der Waals surface area contributed by atoms with Gasteiger partial charge in [0, 0.05) is 26.2 Å². The van der Waals surface area contributed by atoms with Crippen LogP contribution in [-0.4, -0.2) is 0 Å². The molecule has 1 heteroatoms. The van der Waals surface area contributed by atoms with Gasteiger partial charge in [0.05, 0.1) is 0 Å². The van der Waals surface area contributed by atoms with Gasteiger partial charge in [-0.05, 0) is 19.4 Å². The summed E-state index contributed by atoms with van der Waals surface area (Å²) in [7, 11) is 0. The predicted octanol–water partition coefficient (Wildman–Crippen LogP) is 5.46. The second-order valence-corrected chi connectivity index (χ2v) is 5.48. The summed E-state index contributed by atoms with van der Waals surface area (Å²) in [6, 6.07) is 15.4. The number of hydrogen-bond acceptors (Lipinski definition) is 0. The van der Waals surface area contributed by atoms with Crippen molar-refractivity contribution in [1.29, 1.82) is 0 Å². The monoisotopic (exact) mass is 337 g/mol. The third-order valence-corrected chi connectivity index (χ3v) is 4.27. The van der Waals surface area contributed by atoms with Gasteiger partial charge in [-0.1, -0.05) is 60.9 Å². The zero-order chi connectivity index (χ0) is 13.6. The Bertz CT molecular complexity index is 749. The zero-order valence-electron chi connectivity index (χ0n) is 12.5. The zero-order valence-corrected chi connectivity index (χ0v) is 15.0. The van der Waals surface area contributed by atoms with Crippen molar-refractivity contribution in [3.8, 4) is 11.1 Å². The molecule has 0 atom stereocenters. The van der Waals surface area contributed by atoms with Crippen molar-refractivity contribution in [2.24, 2.45) is 0 Å². The molecule has 0 aromatic heterocycles. The van der Waals surface area contributed by atoms with Crippen molar-refractivity contribution < 1.29 is 26.2 Å². The van der Waals surface area contributed by atoms with Crippen molar-refractivity contribution in [2.75, 3.05) is 0 Å². The molecule has 0 nitrogen and oxygen atoms in total. The van der Waals surface area contributed by atoms with Gasteiger partial charge in [-0.3, -0.25) is 0 Å². The molecule has 3 aromatic carbocycles. The van der Waals surface area contributed by atoms with Crippen LogP contribution in [-0.2, 0) is 26.2 Å². The fourth-order valence-corrected chi connectivity index (χ4v) is 3.02. The van der Waals surface area contributed by atoms with Crippen molar-refractivity contribution in [3.05, 3.63) is 64.7 Å². The Morgan fingerprint density at radius 2 is 1.45 bits per heavy atom. The number of rotatable bonds is 1. The number of fused-ring (bicyclic) bond motifs is 1. The first-order valence-corrected chi connectivity index (χ1v) is 6.82. The van der Waals surface area contributed by atoms with E-state index in [4.69, 9.17) is 0 Å². The second-order valence-electron chi connectivity index (χ2n) is 5.48. The van der Waals surface area contributed by atoms with Gasteiger partial charge in [-0.15, -0.1) is 28.0 Å². The summed E-state index contributed by atoms with van der Waals surface area (Å²) in [5.74, 6) is 0. The number of benzene rings is 2. The van der Waals surface area contributed by atoms with E-state index in [1.165, 1.54) is 44.2 Å². The Balaban J connectivity index is 0.00000147. The molecule has 0 fully saturated rings. The molecule has 0 N–H and O–H groups in total. The Hall–Kier alpha value is -1.07. The predicted molar refractivity (Wildman–Crippen MR) is 83.9 cm³/mol. The van der Waals surface area contributed by atoms with Gasteiger partial charge < -0.3 is 0 Å². The third-order valence-electron chi connectivity index (χ3n) is 4.27. The average molecular weight is 339 g/mol. The summed E-state index contributed by atoms with van der Waals surface area (Å²) in [6.45, 7) is 8.89. The van der Waals surface area contributed by atoms with Gasteiger partial charge in [-0.25, -0.2) is 0 Å². The van der Waals surface area contributed by atoms with E-state index in [0.29, 0.717) is 0 Å². The Labute approximate surface area is 140 Å². The molecule has 3 aromatic rings. The maximum atomic E-state index is 2.32. The first kappa shape index (κ1) is 15.3. The first-order valence-electron chi connectivity index (χ1n) is 6.82. The van der Waals surface area contributed by atoms with Crippen LogP contribution in [0.1, 0.15) is 22.3 Å². The molecule has 0 heterocycles. The topological polar surface area (TPSA) is 0 Å². The van der Waals surface area contributed by atoms with E-state index in [0.717, 1.165) is 0 Å². The van der Waals surface area contributed by atoms with Gasteiger partial charge in [0.2, 0.25) is 0 Å². The molecule has 0 unspecified atom stereocenters. The average Bonchev–Trinajstić information content (AvgIpc) is 2.79. The maximum absolute atomic E-state index is 2.32. The molecule has 100 valence electrons. The summed E-state index contributed by atoms with van der Waals surface area (Å²) in [4.78, 5) is 0. The molecular formula is C19H19Zr-. The van der Waals surface area contributed by atoms with Gasteiger partial charge >= 0.3 is 0 Å². The van der Waals surface area contributed by atoms with Crippen LogP contribution in [0.25, 0.3) is 21.9 Å². The Kier molecular flexibility index (Phi) is 4.40. The van der Waals surface area contributed by atoms with Crippen molar-refractivity contribution in [1.82, 2.24) is 0 Å². The fraction of sp³-hybridized carbons (Fsp3) is 0.211. The molecule has 3 rings (SSSR count). The summed E-state index contributed by atoms with van der Waals surface area (Å²) < 4.78 is 0. The van der Waals surface area contributed by atoms with Crippen LogP contribution < -0.4 is 0 Å². The largest absolute Gasteiger partial charge is 0.165 e. The Morgan fingerprint density at radius 3 is 2.10 bits per heavy atom. The second kappa shape index (κ2) is 5.74. The molecule has 0 amide bonds. The molecule has 0 bridgehead atoms. The molecule has 20 heavy (non-hydrogen) atoms. The number of hydrogen-bond donors (Lipinski definition) is 0. The van der Waals surface area contributed by atoms with E-state index in [2.05, 4.69) is 70.2 Å². The van der Waals surface area contributed by atoms with E-state index in [1.54, 1.807) is 0 Å². The van der Waals surface area contributed by atoms with Gasteiger partial charge in [-0.2, -0.15) is 6.07 Å². The van der Waals surface area contributed by atoms with E-state index in [1.807, 2.05) is 0 Å². The van der Waals surface area contributed by atoms with E-state index in [9.17, 15) is 0 Å². The molecule has 0 spiro atoms. The van der Waals surface area contributed by atoms with E-state index in [-0.39, 0.29) is 26.2 Å². The third kappa shape index (κ3) is 2.33. The quantitative estimate of drug-likeness (QED) is 0.517. The van der Waals surface area contributed by atoms with E-state index < -0.39 is 0 Å². The Morgan fingerprint density at radius 1 is 0.800 bits per heavy atom. The van der Waals surface area contributed by atoms with Crippen LogP contribution in [0.4, 0.5) is 0 Å². The first-order chi connectivity index (χ1) is 9.09. The normalized spacial score (nSPS) is 10.6. The van der Waals surface area contributed by atoms with E-state index >= 15 is 0 Å². The number of aryl methyl sites for hydroxylation is 2. The molecule has 0 saturated carbocycles. The minimum atomic E-state index is 0. The van der Waals surface area contributed by atoms with Crippen LogP contribution in [0, 0.1) is 27.7 Å². The van der Waals surface area contributed by atoms with Gasteiger partial charge in [0.25, 0.3) is 0 Å². The summed E-state index contributed by atoms with van der Waals surface area (Å²) >= 11 is 0. The minimum absolute atomic E-state index is 0. The van der Waals surface area contributed by atoms with Crippen LogP contribution in [0.2, 0.25) is 0 Å². The van der Waals surface area contributed by atoms with Gasteiger partial charge in [0.15, 0.2) is 0 Å². The van der Waals surface area contributed by atoms with Crippen molar-refractivity contribution >= 4 is 10.8 Å². The maximum Gasteiger partial charge on any atom is 0 e. The molecule has 0 aliphatic heterocycles. The van der Waals surface area contributed by atoms with Crippen LogP contribution >= 0.6 is 0 Å². The standard InChI is InChI=1S/C19H19.Zr/c1-12-10-17-14(3)13(2)15(4)19(18(17)11-12)16-8-6-5-7-9-16;/h5-11H,1-4H3;/q-1;. The molecule has 0 saturated heterocycles. The smallest absolute Gasteiger partial charge is 0 e. The summed E-state index contributed by atoms with van der Waals surface area (Å²) in [5, 5.41) is 2.80. The van der Waals surface area contributed by atoms with Crippen molar-refractivity contribution in [2.45, 2.75) is 27.7 Å². The van der Waals surface area contributed by atoms with Gasteiger partial charge in [0.1, 0.15) is 0 Å². The summed E-state index contributed by atoms with van der Waals surface area (Å²) in [5.41, 5.74) is 8.30. The summed E-state index contributed by atoms with van der Waals surface area (Å²) in [6.07, 6.45) is 0. The molecule has 0 aliphatic carbocycles. The van der Waals surface area contributed by atoms with Crippen molar-refractivity contribution in [3.63, 3.8) is 0 Å². The van der Waals surface area contributed by atoms with Crippen LogP contribution in [0.3, 0.4) is 0 Å². The van der Waals surface area contributed by atoms with Crippen LogP contribution in [0.15, 0.2) is 42.5 Å². The molecule has 0 radical (unpaired) electrons. The van der Waals surface area contributed by atoms with Crippen LogP contribution in [0.5, 0.6) is 0 Å². The fourth-order valence-electron chi connectivity index (χ4n) is 3.02. The minimum Gasteiger partial charge on any atom is -0.165 e. The molecule has 0 aliphatic rings. The molecular weight excluding hydrogens is 319 g/mol.